The molecule has 1 amide bonds. The highest BCUT2D eigenvalue weighted by Crippen LogP contribution is 2.26. The molecule has 0 spiro atoms. The van der Waals surface area contributed by atoms with Crippen LogP contribution in [0.15, 0.2) is 30.5 Å². The molecule has 0 saturated carbocycles. The quantitative estimate of drug-likeness (QED) is 0.846. The number of likely N-dealkylation sites (N-methyl/N-ethyl adjacent to an activating group) is 1. The van der Waals surface area contributed by atoms with E-state index >= 15 is 0 Å². The molecule has 1 fully saturated rings. The van der Waals surface area contributed by atoms with Gasteiger partial charge in [-0.05, 0) is 42.9 Å². The van der Waals surface area contributed by atoms with E-state index in [2.05, 4.69) is 51.3 Å². The molecule has 1 aromatic carbocycles. The molecular weight excluding hydrogens is 352 g/mol. The molecule has 1 atom stereocenters. The van der Waals surface area contributed by atoms with Crippen molar-refractivity contribution in [2.45, 2.75) is 51.9 Å². The molecule has 2 aromatic rings. The number of likely N-dealkylation sites (tertiary alicyclic amines) is 1. The number of hydrogen-bond donors (Lipinski definition) is 1. The average Bonchev–Trinajstić information content (AvgIpc) is 3.20. The van der Waals surface area contributed by atoms with Crippen molar-refractivity contribution in [1.82, 2.24) is 24.8 Å². The molecule has 1 aromatic heterocycles. The van der Waals surface area contributed by atoms with Crippen LogP contribution in [0.1, 0.15) is 36.6 Å². The van der Waals surface area contributed by atoms with Crippen molar-refractivity contribution in [3.05, 3.63) is 47.3 Å². The number of aromatic nitrogens is 3. The molecule has 0 unspecified atom stereocenters. The highest BCUT2D eigenvalue weighted by Gasteiger charge is 2.34. The van der Waals surface area contributed by atoms with Crippen molar-refractivity contribution in [3.8, 4) is 0 Å². The molecule has 1 saturated heterocycles. The monoisotopic (exact) mass is 382 g/mol. The number of piperidine rings is 1. The van der Waals surface area contributed by atoms with Crippen LogP contribution in [-0.2, 0) is 30.8 Å². The van der Waals surface area contributed by atoms with Gasteiger partial charge in [0.25, 0.3) is 0 Å². The van der Waals surface area contributed by atoms with E-state index in [4.69, 9.17) is 5.73 Å². The van der Waals surface area contributed by atoms with E-state index in [9.17, 15) is 4.79 Å². The van der Waals surface area contributed by atoms with E-state index in [0.717, 1.165) is 57.7 Å². The number of benzene rings is 1. The first kappa shape index (κ1) is 19.1. The lowest BCUT2D eigenvalue weighted by Crippen LogP contribution is -2.53. The second kappa shape index (κ2) is 8.41. The molecule has 4 rings (SSSR count). The maximum absolute atomic E-state index is 13.3. The Balaban J connectivity index is 1.35. The summed E-state index contributed by atoms with van der Waals surface area (Å²) < 4.78 is 1.89. The van der Waals surface area contributed by atoms with E-state index in [1.807, 2.05) is 10.9 Å². The lowest BCUT2D eigenvalue weighted by Gasteiger charge is -2.40. The van der Waals surface area contributed by atoms with E-state index < -0.39 is 0 Å². The number of hydrogen-bond acceptors (Lipinski definition) is 5. The number of nitrogens with two attached hydrogens (primary N) is 1. The van der Waals surface area contributed by atoms with Crippen LogP contribution in [0, 0.1) is 5.92 Å². The predicted octanol–water partition coefficient (Wildman–Crippen LogP) is 1.42. The first-order valence-corrected chi connectivity index (χ1v) is 10.4. The summed E-state index contributed by atoms with van der Waals surface area (Å²) in [6.45, 7) is 6.86. The Kier molecular flexibility index (Phi) is 5.73. The Bertz CT molecular complexity index is 811. The summed E-state index contributed by atoms with van der Waals surface area (Å²) in [5.41, 5.74) is 9.11. The Morgan fingerprint density at radius 1 is 1.21 bits per heavy atom. The van der Waals surface area contributed by atoms with Gasteiger partial charge in [-0.1, -0.05) is 36.4 Å². The fourth-order valence-electron chi connectivity index (χ4n) is 4.49. The van der Waals surface area contributed by atoms with Gasteiger partial charge < -0.3 is 10.6 Å². The van der Waals surface area contributed by atoms with Gasteiger partial charge in [-0.3, -0.25) is 14.4 Å². The van der Waals surface area contributed by atoms with Crippen molar-refractivity contribution in [2.75, 3.05) is 19.6 Å². The summed E-state index contributed by atoms with van der Waals surface area (Å²) in [6, 6.07) is 8.49. The average molecular weight is 383 g/mol. The zero-order valence-corrected chi connectivity index (χ0v) is 16.6. The molecular formula is C21H30N6O. The maximum Gasteiger partial charge on any atom is 0.240 e. The highest BCUT2D eigenvalue weighted by atomic mass is 16.2. The zero-order chi connectivity index (χ0) is 19.5. The minimum absolute atomic E-state index is 0.0288. The van der Waals surface area contributed by atoms with Crippen LogP contribution in [0.5, 0.6) is 0 Å². The summed E-state index contributed by atoms with van der Waals surface area (Å²) in [6.07, 6.45) is 4.78. The number of carbonyl (C=O) groups is 1. The summed E-state index contributed by atoms with van der Waals surface area (Å²) in [7, 11) is 0. The Morgan fingerprint density at radius 3 is 2.64 bits per heavy atom. The van der Waals surface area contributed by atoms with Crippen LogP contribution in [-0.4, -0.2) is 56.4 Å². The minimum Gasteiger partial charge on any atom is -0.341 e. The molecule has 150 valence electrons. The molecule has 7 heteroatoms. The Hall–Kier alpha value is -2.25. The van der Waals surface area contributed by atoms with Crippen molar-refractivity contribution in [3.63, 3.8) is 0 Å². The smallest absolute Gasteiger partial charge is 0.240 e. The zero-order valence-electron chi connectivity index (χ0n) is 16.6. The molecule has 3 heterocycles. The van der Waals surface area contributed by atoms with Gasteiger partial charge in [0.2, 0.25) is 5.91 Å². The second-order valence-corrected chi connectivity index (χ2v) is 7.96. The Morgan fingerprint density at radius 2 is 1.96 bits per heavy atom. The van der Waals surface area contributed by atoms with Crippen molar-refractivity contribution < 1.29 is 4.79 Å². The van der Waals surface area contributed by atoms with E-state index in [0.29, 0.717) is 18.4 Å². The Labute approximate surface area is 166 Å². The molecule has 7 nitrogen and oxygen atoms in total. The molecule has 0 bridgehead atoms. The minimum atomic E-state index is -0.0288. The van der Waals surface area contributed by atoms with Gasteiger partial charge in [-0.25, -0.2) is 0 Å². The lowest BCUT2D eigenvalue weighted by atomic mass is 9.91. The predicted molar refractivity (Wildman–Crippen MR) is 107 cm³/mol. The third-order valence-corrected chi connectivity index (χ3v) is 6.20. The largest absolute Gasteiger partial charge is 0.341 e. The van der Waals surface area contributed by atoms with Gasteiger partial charge in [0.15, 0.2) is 0 Å². The number of carbonyl (C=O) groups excluding carboxylic acids is 1. The van der Waals surface area contributed by atoms with E-state index in [1.54, 1.807) is 0 Å². The number of rotatable bonds is 5. The van der Waals surface area contributed by atoms with Gasteiger partial charge in [-0.2, -0.15) is 0 Å². The number of nitrogens with zero attached hydrogens (tertiary/aromatic N) is 5. The normalized spacial score (nSPS) is 20.9. The lowest BCUT2D eigenvalue weighted by molar-refractivity contribution is -0.139. The summed E-state index contributed by atoms with van der Waals surface area (Å²) in [4.78, 5) is 17.7. The van der Waals surface area contributed by atoms with Gasteiger partial charge in [0, 0.05) is 38.9 Å². The van der Waals surface area contributed by atoms with Gasteiger partial charge in [-0.15, -0.1) is 5.10 Å². The van der Waals surface area contributed by atoms with Crippen molar-refractivity contribution in [2.24, 2.45) is 11.7 Å². The van der Waals surface area contributed by atoms with Crippen molar-refractivity contribution >= 4 is 5.91 Å². The molecule has 28 heavy (non-hydrogen) atoms. The molecule has 0 radical (unpaired) electrons. The first-order valence-electron chi connectivity index (χ1n) is 10.4. The standard InChI is InChI=1S/C21H30N6O/c1-2-25-14-18-6-4-3-5-17(18)11-20(25)21(28)26-9-7-16(8-10-26)13-27-15-19(12-22)23-24-27/h3-6,15-16,20H,2,7-14,22H2,1H3/t20-/m0/s1. The van der Waals surface area contributed by atoms with Crippen LogP contribution >= 0.6 is 0 Å². The third kappa shape index (κ3) is 3.95. The summed E-state index contributed by atoms with van der Waals surface area (Å²) >= 11 is 0. The van der Waals surface area contributed by atoms with Gasteiger partial charge in [0.1, 0.15) is 0 Å². The van der Waals surface area contributed by atoms with Crippen LogP contribution in [0.2, 0.25) is 0 Å². The highest BCUT2D eigenvalue weighted by molar-refractivity contribution is 5.82. The molecule has 2 aliphatic rings. The SMILES string of the molecule is CCN1Cc2ccccc2C[C@H]1C(=O)N1CCC(Cn2cc(CN)nn2)CC1. The van der Waals surface area contributed by atoms with E-state index in [1.165, 1.54) is 11.1 Å². The first-order chi connectivity index (χ1) is 13.7. The fraction of sp³-hybridized carbons (Fsp3) is 0.571. The topological polar surface area (TPSA) is 80.3 Å². The van der Waals surface area contributed by atoms with Gasteiger partial charge in [0.05, 0.1) is 11.7 Å². The molecule has 2 N–H and O–H groups in total. The van der Waals surface area contributed by atoms with Crippen molar-refractivity contribution in [1.29, 1.82) is 0 Å². The van der Waals surface area contributed by atoms with Crippen LogP contribution in [0.3, 0.4) is 0 Å². The van der Waals surface area contributed by atoms with Crippen LogP contribution in [0.4, 0.5) is 0 Å². The molecule has 0 aliphatic carbocycles. The van der Waals surface area contributed by atoms with Crippen LogP contribution < -0.4 is 5.73 Å². The van der Waals surface area contributed by atoms with Crippen LogP contribution in [0.25, 0.3) is 0 Å². The maximum atomic E-state index is 13.3. The van der Waals surface area contributed by atoms with Gasteiger partial charge >= 0.3 is 0 Å². The number of amides is 1. The summed E-state index contributed by atoms with van der Waals surface area (Å²) in [5, 5.41) is 8.21. The molecule has 2 aliphatic heterocycles. The fourth-order valence-corrected chi connectivity index (χ4v) is 4.49. The van der Waals surface area contributed by atoms with E-state index in [-0.39, 0.29) is 6.04 Å². The third-order valence-electron chi connectivity index (χ3n) is 6.20. The summed E-state index contributed by atoms with van der Waals surface area (Å²) in [5.74, 6) is 0.826. The second-order valence-electron chi connectivity index (χ2n) is 7.96. The number of fused-ring (bicyclic) bond motifs is 1.